The normalized spacial score (nSPS) is 27.8. The minimum Gasteiger partial charge on any atom is -0.352 e. The highest BCUT2D eigenvalue weighted by Gasteiger charge is 2.30. The summed E-state index contributed by atoms with van der Waals surface area (Å²) < 4.78 is 0.324. The maximum absolute atomic E-state index is 11.8. The molecule has 0 spiro atoms. The smallest absolute Gasteiger partial charge is 0.237 e. The van der Waals surface area contributed by atoms with Gasteiger partial charge in [-0.25, -0.2) is 0 Å². The van der Waals surface area contributed by atoms with Gasteiger partial charge in [0.15, 0.2) is 0 Å². The summed E-state index contributed by atoms with van der Waals surface area (Å²) in [5.74, 6) is 1.37. The van der Waals surface area contributed by atoms with Crippen LogP contribution in [0, 0.1) is 0 Å². The van der Waals surface area contributed by atoms with Crippen LogP contribution in [-0.2, 0) is 4.79 Å². The molecular weight excluding hydrogens is 232 g/mol. The molecule has 1 heterocycles. The van der Waals surface area contributed by atoms with E-state index in [0.29, 0.717) is 4.75 Å². The first kappa shape index (κ1) is 14.8. The van der Waals surface area contributed by atoms with Crippen molar-refractivity contribution in [1.29, 1.82) is 0 Å². The van der Waals surface area contributed by atoms with E-state index in [1.54, 1.807) is 0 Å². The standard InChI is InChI=1S/C13H26N2OS/c1-5-10(2)15-12(16)11(3)14-9-13(4)7-6-8-17-13/h10-11,14H,5-9H2,1-4H3,(H,15,16). The fraction of sp³-hybridized carbons (Fsp3) is 0.923. The van der Waals surface area contributed by atoms with Crippen LogP contribution in [0.25, 0.3) is 0 Å². The first-order valence-electron chi connectivity index (χ1n) is 6.64. The minimum atomic E-state index is -0.0953. The van der Waals surface area contributed by atoms with E-state index < -0.39 is 0 Å². The summed E-state index contributed by atoms with van der Waals surface area (Å²) in [5.41, 5.74) is 0. The van der Waals surface area contributed by atoms with Gasteiger partial charge in [0.05, 0.1) is 6.04 Å². The number of amides is 1. The van der Waals surface area contributed by atoms with Crippen molar-refractivity contribution < 1.29 is 4.79 Å². The molecule has 0 saturated carbocycles. The van der Waals surface area contributed by atoms with E-state index in [4.69, 9.17) is 0 Å². The summed E-state index contributed by atoms with van der Waals surface area (Å²) in [6.45, 7) is 9.28. The van der Waals surface area contributed by atoms with Crippen LogP contribution in [0.4, 0.5) is 0 Å². The maximum Gasteiger partial charge on any atom is 0.237 e. The SMILES string of the molecule is CCC(C)NC(=O)C(C)NCC1(C)CCCS1. The Kier molecular flexibility index (Phi) is 5.80. The lowest BCUT2D eigenvalue weighted by molar-refractivity contribution is -0.123. The molecule has 0 radical (unpaired) electrons. The van der Waals surface area contributed by atoms with E-state index in [0.717, 1.165) is 13.0 Å². The average molecular weight is 258 g/mol. The van der Waals surface area contributed by atoms with Crippen LogP contribution in [0.3, 0.4) is 0 Å². The number of hydrogen-bond donors (Lipinski definition) is 2. The first-order chi connectivity index (χ1) is 7.97. The molecule has 0 aromatic rings. The molecule has 0 aromatic carbocycles. The van der Waals surface area contributed by atoms with Crippen LogP contribution in [0.2, 0.25) is 0 Å². The van der Waals surface area contributed by atoms with Crippen LogP contribution in [0.1, 0.15) is 47.0 Å². The largest absolute Gasteiger partial charge is 0.352 e. The van der Waals surface area contributed by atoms with E-state index in [-0.39, 0.29) is 18.0 Å². The van der Waals surface area contributed by atoms with Crippen LogP contribution < -0.4 is 10.6 Å². The first-order valence-corrected chi connectivity index (χ1v) is 7.63. The van der Waals surface area contributed by atoms with Gasteiger partial charge in [-0.05, 0) is 45.8 Å². The molecule has 1 amide bonds. The molecule has 2 N–H and O–H groups in total. The monoisotopic (exact) mass is 258 g/mol. The third-order valence-corrected chi connectivity index (χ3v) is 5.02. The van der Waals surface area contributed by atoms with Gasteiger partial charge in [0.2, 0.25) is 5.91 Å². The Morgan fingerprint density at radius 3 is 2.71 bits per heavy atom. The van der Waals surface area contributed by atoms with Gasteiger partial charge < -0.3 is 10.6 Å². The molecular formula is C13H26N2OS. The summed E-state index contributed by atoms with van der Waals surface area (Å²) in [5, 5.41) is 6.37. The van der Waals surface area contributed by atoms with Crippen molar-refractivity contribution in [3.63, 3.8) is 0 Å². The Labute approximate surface area is 109 Å². The number of carbonyl (C=O) groups is 1. The molecule has 100 valence electrons. The van der Waals surface area contributed by atoms with Crippen LogP contribution in [0.5, 0.6) is 0 Å². The molecule has 4 heteroatoms. The van der Waals surface area contributed by atoms with E-state index in [1.807, 2.05) is 25.6 Å². The molecule has 3 nitrogen and oxygen atoms in total. The fourth-order valence-electron chi connectivity index (χ4n) is 1.91. The van der Waals surface area contributed by atoms with Gasteiger partial charge in [-0.2, -0.15) is 11.8 Å². The number of hydrogen-bond acceptors (Lipinski definition) is 3. The molecule has 0 aromatic heterocycles. The van der Waals surface area contributed by atoms with E-state index in [2.05, 4.69) is 24.5 Å². The van der Waals surface area contributed by atoms with Gasteiger partial charge >= 0.3 is 0 Å². The quantitative estimate of drug-likeness (QED) is 0.767. The predicted octanol–water partition coefficient (Wildman–Crippen LogP) is 2.16. The van der Waals surface area contributed by atoms with Crippen molar-refractivity contribution in [2.24, 2.45) is 0 Å². The third-order valence-electron chi connectivity index (χ3n) is 3.48. The van der Waals surface area contributed by atoms with Crippen LogP contribution in [0.15, 0.2) is 0 Å². The van der Waals surface area contributed by atoms with Crippen molar-refractivity contribution in [3.8, 4) is 0 Å². The minimum absolute atomic E-state index is 0.0953. The van der Waals surface area contributed by atoms with Gasteiger partial charge in [0.25, 0.3) is 0 Å². The van der Waals surface area contributed by atoms with Crippen LogP contribution in [-0.4, -0.2) is 35.0 Å². The lowest BCUT2D eigenvalue weighted by Crippen LogP contribution is -2.48. The van der Waals surface area contributed by atoms with E-state index >= 15 is 0 Å². The Morgan fingerprint density at radius 1 is 1.47 bits per heavy atom. The highest BCUT2D eigenvalue weighted by atomic mass is 32.2. The summed E-state index contributed by atoms with van der Waals surface area (Å²) in [7, 11) is 0. The molecule has 3 unspecified atom stereocenters. The van der Waals surface area contributed by atoms with E-state index in [9.17, 15) is 4.79 Å². The Balaban J connectivity index is 2.28. The fourth-order valence-corrected chi connectivity index (χ4v) is 3.16. The van der Waals surface area contributed by atoms with E-state index in [1.165, 1.54) is 18.6 Å². The highest BCUT2D eigenvalue weighted by Crippen LogP contribution is 2.36. The predicted molar refractivity (Wildman–Crippen MR) is 75.5 cm³/mol. The summed E-state index contributed by atoms with van der Waals surface area (Å²) in [4.78, 5) is 11.8. The third kappa shape index (κ3) is 4.88. The molecule has 1 fully saturated rings. The molecule has 1 aliphatic heterocycles. The van der Waals surface area contributed by atoms with Gasteiger partial charge in [0, 0.05) is 17.3 Å². The van der Waals surface area contributed by atoms with Crippen molar-refractivity contribution in [3.05, 3.63) is 0 Å². The lowest BCUT2D eigenvalue weighted by Gasteiger charge is -2.25. The van der Waals surface area contributed by atoms with Crippen LogP contribution >= 0.6 is 11.8 Å². The zero-order valence-corrected chi connectivity index (χ0v) is 12.3. The van der Waals surface area contributed by atoms with Crippen molar-refractivity contribution in [2.45, 2.75) is 63.8 Å². The lowest BCUT2D eigenvalue weighted by atomic mass is 10.1. The zero-order valence-electron chi connectivity index (χ0n) is 11.5. The summed E-state index contributed by atoms with van der Waals surface area (Å²) in [6.07, 6.45) is 3.53. The van der Waals surface area contributed by atoms with Gasteiger partial charge in [-0.3, -0.25) is 4.79 Å². The second-order valence-corrected chi connectivity index (χ2v) is 7.00. The van der Waals surface area contributed by atoms with Crippen molar-refractivity contribution in [2.75, 3.05) is 12.3 Å². The molecule has 0 bridgehead atoms. The second-order valence-electron chi connectivity index (χ2n) is 5.32. The number of thioether (sulfide) groups is 1. The second kappa shape index (κ2) is 6.64. The molecule has 3 atom stereocenters. The topological polar surface area (TPSA) is 41.1 Å². The Hall–Kier alpha value is -0.220. The van der Waals surface area contributed by atoms with Gasteiger partial charge in [-0.1, -0.05) is 6.92 Å². The Bertz CT molecular complexity index is 252. The highest BCUT2D eigenvalue weighted by molar-refractivity contribution is 8.00. The number of carbonyl (C=O) groups excluding carboxylic acids is 1. The average Bonchev–Trinajstić information content (AvgIpc) is 2.73. The molecule has 17 heavy (non-hydrogen) atoms. The maximum atomic E-state index is 11.8. The molecule has 1 saturated heterocycles. The van der Waals surface area contributed by atoms with Gasteiger partial charge in [-0.15, -0.1) is 0 Å². The van der Waals surface area contributed by atoms with Crippen molar-refractivity contribution in [1.82, 2.24) is 10.6 Å². The summed E-state index contributed by atoms with van der Waals surface area (Å²) in [6, 6.07) is 0.171. The Morgan fingerprint density at radius 2 is 2.18 bits per heavy atom. The molecule has 1 rings (SSSR count). The number of rotatable bonds is 6. The van der Waals surface area contributed by atoms with Crippen molar-refractivity contribution >= 4 is 17.7 Å². The summed E-state index contributed by atoms with van der Waals surface area (Å²) >= 11 is 2.02. The molecule has 0 aliphatic carbocycles. The molecule has 1 aliphatic rings. The van der Waals surface area contributed by atoms with Gasteiger partial charge in [0.1, 0.15) is 0 Å². The zero-order chi connectivity index (χ0) is 12.9. The number of nitrogens with one attached hydrogen (secondary N) is 2.